The van der Waals surface area contributed by atoms with Gasteiger partial charge in [0.1, 0.15) is 11.5 Å². The first-order valence-electron chi connectivity index (χ1n) is 12.9. The van der Waals surface area contributed by atoms with Gasteiger partial charge in [-0.1, -0.05) is 58.9 Å². The summed E-state index contributed by atoms with van der Waals surface area (Å²) >= 11 is 0. The Morgan fingerprint density at radius 1 is 1.00 bits per heavy atom. The van der Waals surface area contributed by atoms with E-state index in [0.717, 1.165) is 24.2 Å². The van der Waals surface area contributed by atoms with E-state index in [-0.39, 0.29) is 22.9 Å². The number of benzene rings is 2. The second-order valence-corrected chi connectivity index (χ2v) is 10.6. The van der Waals surface area contributed by atoms with Crippen molar-refractivity contribution < 1.29 is 19.4 Å². The molecule has 0 radical (unpaired) electrons. The first kappa shape index (κ1) is 27.5. The molecule has 1 fully saturated rings. The molecule has 1 heterocycles. The number of carbonyl (C=O) groups excluding carboxylic acids is 2. The van der Waals surface area contributed by atoms with Gasteiger partial charge in [0.2, 0.25) is 0 Å². The number of Topliss-reactive ketones (excluding diaryl/α,β-unsaturated/α-hetero) is 1. The number of nitrogens with zero attached hydrogens (tertiary/aromatic N) is 2. The van der Waals surface area contributed by atoms with E-state index in [9.17, 15) is 14.7 Å². The molecule has 6 nitrogen and oxygen atoms in total. The second kappa shape index (κ2) is 11.3. The van der Waals surface area contributed by atoms with E-state index in [4.69, 9.17) is 4.74 Å². The maximum Gasteiger partial charge on any atom is 0.295 e. The highest BCUT2D eigenvalue weighted by Crippen LogP contribution is 2.40. The third-order valence-corrected chi connectivity index (χ3v) is 6.68. The molecule has 2 aromatic carbocycles. The van der Waals surface area contributed by atoms with Crippen LogP contribution in [0.4, 0.5) is 0 Å². The number of aliphatic hydroxyl groups excluding tert-OH is 1. The fraction of sp³-hybridized carbons (Fsp3) is 0.467. The minimum absolute atomic E-state index is 0.0247. The van der Waals surface area contributed by atoms with Crippen LogP contribution in [0.3, 0.4) is 0 Å². The Labute approximate surface area is 215 Å². The maximum atomic E-state index is 13.3. The molecule has 1 atom stereocenters. The lowest BCUT2D eigenvalue weighted by Gasteiger charge is -2.28. The average Bonchev–Trinajstić information content (AvgIpc) is 3.09. The molecule has 1 aliphatic heterocycles. The summed E-state index contributed by atoms with van der Waals surface area (Å²) in [6, 6.07) is 14.3. The van der Waals surface area contributed by atoms with Gasteiger partial charge < -0.3 is 19.6 Å². The molecule has 3 rings (SSSR count). The smallest absolute Gasteiger partial charge is 0.295 e. The number of likely N-dealkylation sites (tertiary alicyclic amines) is 1. The van der Waals surface area contributed by atoms with Gasteiger partial charge in [0, 0.05) is 18.7 Å². The monoisotopic (exact) mass is 492 g/mol. The van der Waals surface area contributed by atoms with Crippen LogP contribution >= 0.6 is 0 Å². The summed E-state index contributed by atoms with van der Waals surface area (Å²) < 4.78 is 5.70. The minimum Gasteiger partial charge on any atom is -0.507 e. The number of aliphatic hydroxyl groups is 1. The van der Waals surface area contributed by atoms with Crippen molar-refractivity contribution in [2.75, 3.05) is 26.2 Å². The van der Waals surface area contributed by atoms with Gasteiger partial charge in [0.05, 0.1) is 17.7 Å². The molecule has 36 heavy (non-hydrogen) atoms. The molecule has 6 heteroatoms. The highest BCUT2D eigenvalue weighted by Gasteiger charge is 2.46. The van der Waals surface area contributed by atoms with Crippen LogP contribution in [0, 0.1) is 0 Å². The first-order valence-corrected chi connectivity index (χ1v) is 12.9. The quantitative estimate of drug-likeness (QED) is 0.283. The van der Waals surface area contributed by atoms with Crippen LogP contribution in [0.5, 0.6) is 5.75 Å². The lowest BCUT2D eigenvalue weighted by molar-refractivity contribution is -0.140. The number of hydrogen-bond donors (Lipinski definition) is 1. The van der Waals surface area contributed by atoms with E-state index < -0.39 is 17.7 Å². The molecule has 2 aromatic rings. The molecule has 0 saturated carbocycles. The lowest BCUT2D eigenvalue weighted by atomic mass is 9.85. The number of rotatable bonds is 9. The Morgan fingerprint density at radius 2 is 1.58 bits per heavy atom. The molecule has 0 unspecified atom stereocenters. The van der Waals surface area contributed by atoms with Crippen LogP contribution in [-0.4, -0.2) is 58.9 Å². The van der Waals surface area contributed by atoms with Crippen molar-refractivity contribution >= 4 is 17.4 Å². The zero-order valence-corrected chi connectivity index (χ0v) is 22.7. The predicted molar refractivity (Wildman–Crippen MR) is 144 cm³/mol. The lowest BCUT2D eigenvalue weighted by Crippen LogP contribution is -2.38. The summed E-state index contributed by atoms with van der Waals surface area (Å²) in [6.45, 7) is 17.2. The number of ketones is 1. The normalized spacial score (nSPS) is 17.9. The molecule has 0 bridgehead atoms. The number of likely N-dealkylation sites (N-methyl/N-ethyl adjacent to an activating group) is 1. The van der Waals surface area contributed by atoms with E-state index in [2.05, 4.69) is 39.5 Å². The van der Waals surface area contributed by atoms with Gasteiger partial charge in [-0.25, -0.2) is 0 Å². The fourth-order valence-electron chi connectivity index (χ4n) is 4.53. The van der Waals surface area contributed by atoms with Gasteiger partial charge in [-0.15, -0.1) is 0 Å². The Kier molecular flexibility index (Phi) is 8.62. The molecule has 0 spiro atoms. The maximum absolute atomic E-state index is 13.3. The van der Waals surface area contributed by atoms with Gasteiger partial charge in [0.25, 0.3) is 11.7 Å². The van der Waals surface area contributed by atoms with Crippen LogP contribution in [0.2, 0.25) is 0 Å². The molecule has 1 N–H and O–H groups in total. The third-order valence-electron chi connectivity index (χ3n) is 6.68. The number of hydrogen-bond acceptors (Lipinski definition) is 5. The standard InChI is InChI=1S/C30H40N2O4/c1-8-31(9-2)18-19-32-26(21-10-14-23(15-11-21)30(5,6)7)25(28(34)29(32)35)27(33)22-12-16-24(17-13-22)36-20(3)4/h10-17,20,26,33H,8-9,18-19H2,1-7H3/t26-/m1/s1. The van der Waals surface area contributed by atoms with Crippen LogP contribution in [0.25, 0.3) is 5.76 Å². The van der Waals surface area contributed by atoms with Crippen LogP contribution in [0.15, 0.2) is 54.1 Å². The van der Waals surface area contributed by atoms with Crippen molar-refractivity contribution in [3.05, 3.63) is 70.8 Å². The summed E-state index contributed by atoms with van der Waals surface area (Å²) in [5.41, 5.74) is 2.54. The molecule has 1 aliphatic rings. The van der Waals surface area contributed by atoms with Gasteiger partial charge >= 0.3 is 0 Å². The Bertz CT molecular complexity index is 1090. The van der Waals surface area contributed by atoms with Crippen molar-refractivity contribution in [3.63, 3.8) is 0 Å². The zero-order chi connectivity index (χ0) is 26.6. The molecule has 1 saturated heterocycles. The van der Waals surface area contributed by atoms with Crippen molar-refractivity contribution in [1.82, 2.24) is 9.80 Å². The van der Waals surface area contributed by atoms with Crippen molar-refractivity contribution in [3.8, 4) is 5.75 Å². The molecular weight excluding hydrogens is 452 g/mol. The van der Waals surface area contributed by atoms with Crippen molar-refractivity contribution in [1.29, 1.82) is 0 Å². The van der Waals surface area contributed by atoms with Gasteiger partial charge in [-0.2, -0.15) is 0 Å². The van der Waals surface area contributed by atoms with E-state index in [0.29, 0.717) is 24.4 Å². The Morgan fingerprint density at radius 3 is 2.08 bits per heavy atom. The van der Waals surface area contributed by atoms with Crippen LogP contribution in [0.1, 0.15) is 71.2 Å². The SMILES string of the molecule is CCN(CC)CCN1C(=O)C(=O)C(=C(O)c2ccc(OC(C)C)cc2)[C@H]1c1ccc(C(C)(C)C)cc1. The summed E-state index contributed by atoms with van der Waals surface area (Å²) in [6.07, 6.45) is 0.0247. The molecule has 0 aliphatic carbocycles. The second-order valence-electron chi connectivity index (χ2n) is 10.6. The summed E-state index contributed by atoms with van der Waals surface area (Å²) in [4.78, 5) is 30.3. The van der Waals surface area contributed by atoms with E-state index >= 15 is 0 Å². The molecular formula is C30H40N2O4. The number of carbonyl (C=O) groups is 2. The number of amides is 1. The van der Waals surface area contributed by atoms with Gasteiger partial charge in [-0.3, -0.25) is 9.59 Å². The van der Waals surface area contributed by atoms with E-state index in [1.54, 1.807) is 29.2 Å². The summed E-state index contributed by atoms with van der Waals surface area (Å²) in [5, 5.41) is 11.3. The third kappa shape index (κ3) is 5.98. The zero-order valence-electron chi connectivity index (χ0n) is 22.7. The fourth-order valence-corrected chi connectivity index (χ4v) is 4.53. The molecule has 1 amide bonds. The van der Waals surface area contributed by atoms with Crippen molar-refractivity contribution in [2.24, 2.45) is 0 Å². The predicted octanol–water partition coefficient (Wildman–Crippen LogP) is 5.53. The summed E-state index contributed by atoms with van der Waals surface area (Å²) in [5.74, 6) is -0.719. The molecule has 0 aromatic heterocycles. The summed E-state index contributed by atoms with van der Waals surface area (Å²) in [7, 11) is 0. The topological polar surface area (TPSA) is 70.1 Å². The average molecular weight is 493 g/mol. The van der Waals surface area contributed by atoms with E-state index in [1.165, 1.54) is 0 Å². The van der Waals surface area contributed by atoms with Gasteiger partial charge in [-0.05, 0) is 67.7 Å². The minimum atomic E-state index is -0.653. The highest BCUT2D eigenvalue weighted by molar-refractivity contribution is 6.46. The molecule has 194 valence electrons. The Balaban J connectivity index is 2.07. The van der Waals surface area contributed by atoms with Crippen LogP contribution in [-0.2, 0) is 15.0 Å². The number of ether oxygens (including phenoxy) is 1. The van der Waals surface area contributed by atoms with Gasteiger partial charge in [0.15, 0.2) is 0 Å². The van der Waals surface area contributed by atoms with E-state index in [1.807, 2.05) is 38.1 Å². The van der Waals surface area contributed by atoms with Crippen LogP contribution < -0.4 is 4.74 Å². The highest BCUT2D eigenvalue weighted by atomic mass is 16.5. The Hall–Kier alpha value is -3.12. The first-order chi connectivity index (χ1) is 17.0. The largest absolute Gasteiger partial charge is 0.507 e. The van der Waals surface area contributed by atoms with Crippen molar-refractivity contribution in [2.45, 2.75) is 66.0 Å².